The van der Waals surface area contributed by atoms with Gasteiger partial charge >= 0.3 is 5.97 Å². The molecule has 0 unspecified atom stereocenters. The summed E-state index contributed by atoms with van der Waals surface area (Å²) < 4.78 is 28.2. The smallest absolute Gasteiger partial charge is 0.335 e. The highest BCUT2D eigenvalue weighted by Crippen LogP contribution is 2.13. The molecule has 0 bridgehead atoms. The van der Waals surface area contributed by atoms with E-state index in [1.54, 1.807) is 26.1 Å². The van der Waals surface area contributed by atoms with Gasteiger partial charge in [0.1, 0.15) is 4.90 Å². The lowest BCUT2D eigenvalue weighted by Gasteiger charge is -2.06. The molecular weight excluding hydrogens is 294 g/mol. The summed E-state index contributed by atoms with van der Waals surface area (Å²) >= 11 is 0. The van der Waals surface area contributed by atoms with Crippen LogP contribution in [-0.4, -0.2) is 29.3 Å². The van der Waals surface area contributed by atoms with Crippen molar-refractivity contribution in [2.24, 2.45) is 7.05 Å². The van der Waals surface area contributed by atoms with E-state index in [0.29, 0.717) is 11.3 Å². The molecule has 1 heterocycles. The summed E-state index contributed by atoms with van der Waals surface area (Å²) in [5.41, 5.74) is 1.09. The number of nitrogens with one attached hydrogen (secondary N) is 1. The summed E-state index contributed by atoms with van der Waals surface area (Å²) in [5, 5.41) is 12.9. The quantitative estimate of drug-likeness (QED) is 0.854. The monoisotopic (exact) mass is 309 g/mol. The molecule has 0 radical (unpaired) electrons. The molecule has 0 saturated carbocycles. The highest BCUT2D eigenvalue weighted by molar-refractivity contribution is 7.89. The number of sulfonamides is 1. The fraction of sp³-hybridized carbons (Fsp3) is 0.231. The van der Waals surface area contributed by atoms with E-state index in [1.165, 1.54) is 23.0 Å². The second-order valence-electron chi connectivity index (χ2n) is 4.58. The van der Waals surface area contributed by atoms with Crippen LogP contribution in [0.5, 0.6) is 0 Å². The normalized spacial score (nSPS) is 11.5. The average Bonchev–Trinajstić information content (AvgIpc) is 2.77. The highest BCUT2D eigenvalue weighted by Gasteiger charge is 2.19. The van der Waals surface area contributed by atoms with E-state index in [9.17, 15) is 13.2 Å². The van der Waals surface area contributed by atoms with Crippen LogP contribution in [0.4, 0.5) is 0 Å². The third-order valence-corrected chi connectivity index (χ3v) is 4.40. The van der Waals surface area contributed by atoms with Crippen molar-refractivity contribution in [3.8, 4) is 0 Å². The molecule has 0 aliphatic carbocycles. The van der Waals surface area contributed by atoms with Crippen LogP contribution in [0.15, 0.2) is 35.4 Å². The Kier molecular flexibility index (Phi) is 4.10. The van der Waals surface area contributed by atoms with E-state index in [-0.39, 0.29) is 17.0 Å². The van der Waals surface area contributed by atoms with E-state index in [4.69, 9.17) is 5.11 Å². The third-order valence-electron chi connectivity index (χ3n) is 2.90. The number of nitrogens with zero attached hydrogens (tertiary/aromatic N) is 2. The molecule has 2 rings (SSSR count). The lowest BCUT2D eigenvalue weighted by Crippen LogP contribution is -2.23. The van der Waals surface area contributed by atoms with Crippen molar-refractivity contribution in [2.75, 3.05) is 0 Å². The zero-order chi connectivity index (χ0) is 15.6. The maximum atomic E-state index is 12.2. The van der Waals surface area contributed by atoms with Crippen molar-refractivity contribution in [3.05, 3.63) is 47.3 Å². The summed E-state index contributed by atoms with van der Waals surface area (Å²) in [6.45, 7) is 1.62. The molecule has 112 valence electrons. The van der Waals surface area contributed by atoms with Gasteiger partial charge in [0.05, 0.1) is 11.3 Å². The fourth-order valence-corrected chi connectivity index (χ4v) is 3.15. The van der Waals surface area contributed by atoms with Gasteiger partial charge in [-0.1, -0.05) is 12.1 Å². The number of aromatic nitrogens is 2. The van der Waals surface area contributed by atoms with E-state index in [0.717, 1.165) is 0 Å². The molecule has 2 N–H and O–H groups in total. The Bertz CT molecular complexity index is 780. The van der Waals surface area contributed by atoms with E-state index < -0.39 is 16.0 Å². The van der Waals surface area contributed by atoms with Gasteiger partial charge in [0.2, 0.25) is 10.0 Å². The predicted molar refractivity (Wildman–Crippen MR) is 75.4 cm³/mol. The SMILES string of the molecule is Cc1nn(C)cc1S(=O)(=O)NCc1cccc(C(=O)O)c1. The summed E-state index contributed by atoms with van der Waals surface area (Å²) in [4.78, 5) is 11.0. The number of hydrogen-bond donors (Lipinski definition) is 2. The molecule has 0 aliphatic rings. The van der Waals surface area contributed by atoms with E-state index in [1.807, 2.05) is 0 Å². The number of benzene rings is 1. The van der Waals surface area contributed by atoms with E-state index in [2.05, 4.69) is 9.82 Å². The van der Waals surface area contributed by atoms with Crippen molar-refractivity contribution in [1.82, 2.24) is 14.5 Å². The van der Waals surface area contributed by atoms with Gasteiger partial charge in [0.25, 0.3) is 0 Å². The maximum Gasteiger partial charge on any atom is 0.335 e. The average molecular weight is 309 g/mol. The van der Waals surface area contributed by atoms with Crippen molar-refractivity contribution in [1.29, 1.82) is 0 Å². The minimum Gasteiger partial charge on any atom is -0.478 e. The van der Waals surface area contributed by atoms with Crippen molar-refractivity contribution < 1.29 is 18.3 Å². The Morgan fingerprint density at radius 2 is 2.14 bits per heavy atom. The van der Waals surface area contributed by atoms with Gasteiger partial charge in [-0.15, -0.1) is 0 Å². The van der Waals surface area contributed by atoms with Crippen LogP contribution in [0.1, 0.15) is 21.6 Å². The molecule has 0 amide bonds. The molecule has 2 aromatic rings. The predicted octanol–water partition coefficient (Wildman–Crippen LogP) is 0.905. The minimum atomic E-state index is -3.68. The van der Waals surface area contributed by atoms with Crippen molar-refractivity contribution in [2.45, 2.75) is 18.4 Å². The van der Waals surface area contributed by atoms with Crippen LogP contribution in [0.3, 0.4) is 0 Å². The zero-order valence-corrected chi connectivity index (χ0v) is 12.4. The Morgan fingerprint density at radius 3 is 2.71 bits per heavy atom. The lowest BCUT2D eigenvalue weighted by molar-refractivity contribution is 0.0696. The molecule has 0 fully saturated rings. The molecule has 8 heteroatoms. The Labute approximate surface area is 122 Å². The maximum absolute atomic E-state index is 12.2. The van der Waals surface area contributed by atoms with Gasteiger partial charge in [0, 0.05) is 19.8 Å². The number of carbonyl (C=O) groups is 1. The topological polar surface area (TPSA) is 101 Å². The number of hydrogen-bond acceptors (Lipinski definition) is 4. The first-order valence-corrected chi connectivity index (χ1v) is 7.60. The number of aromatic carboxylic acids is 1. The first-order valence-electron chi connectivity index (χ1n) is 6.12. The number of carboxylic acids is 1. The molecule has 0 saturated heterocycles. The second-order valence-corrected chi connectivity index (χ2v) is 6.32. The van der Waals surface area contributed by atoms with Gasteiger partial charge < -0.3 is 5.11 Å². The number of carboxylic acid groups (broad SMARTS) is 1. The van der Waals surface area contributed by atoms with Gasteiger partial charge in [-0.05, 0) is 24.6 Å². The van der Waals surface area contributed by atoms with Crippen LogP contribution in [0, 0.1) is 6.92 Å². The summed E-state index contributed by atoms with van der Waals surface area (Å²) in [6, 6.07) is 6.11. The molecular formula is C13H15N3O4S. The first-order chi connectivity index (χ1) is 9.79. The Morgan fingerprint density at radius 1 is 1.43 bits per heavy atom. The zero-order valence-electron chi connectivity index (χ0n) is 11.6. The molecule has 21 heavy (non-hydrogen) atoms. The van der Waals surface area contributed by atoms with Crippen LogP contribution in [0.2, 0.25) is 0 Å². The molecule has 1 aromatic heterocycles. The lowest BCUT2D eigenvalue weighted by atomic mass is 10.1. The molecule has 1 aromatic carbocycles. The van der Waals surface area contributed by atoms with Gasteiger partial charge in [-0.3, -0.25) is 4.68 Å². The summed E-state index contributed by atoms with van der Waals surface area (Å²) in [6.07, 6.45) is 1.42. The Balaban J connectivity index is 2.17. The summed E-state index contributed by atoms with van der Waals surface area (Å²) in [5.74, 6) is -1.05. The van der Waals surface area contributed by atoms with Crippen molar-refractivity contribution >= 4 is 16.0 Å². The summed E-state index contributed by atoms with van der Waals surface area (Å²) in [7, 11) is -2.04. The number of aryl methyl sites for hydroxylation is 2. The second kappa shape index (κ2) is 5.66. The standard InChI is InChI=1S/C13H15N3O4S/c1-9-12(8-16(2)15-9)21(19,20)14-7-10-4-3-5-11(6-10)13(17)18/h3-6,8,14H,7H2,1-2H3,(H,17,18). The van der Waals surface area contributed by atoms with Crippen molar-refractivity contribution in [3.63, 3.8) is 0 Å². The molecule has 0 aliphatic heterocycles. The van der Waals surface area contributed by atoms with Gasteiger partial charge in [0.15, 0.2) is 0 Å². The Hall–Kier alpha value is -2.19. The molecule has 0 atom stereocenters. The van der Waals surface area contributed by atoms with E-state index >= 15 is 0 Å². The van der Waals surface area contributed by atoms with Gasteiger partial charge in [-0.25, -0.2) is 17.9 Å². The van der Waals surface area contributed by atoms with Crippen LogP contribution >= 0.6 is 0 Å². The van der Waals surface area contributed by atoms with Crippen LogP contribution in [0.25, 0.3) is 0 Å². The molecule has 7 nitrogen and oxygen atoms in total. The fourth-order valence-electron chi connectivity index (χ4n) is 1.91. The largest absolute Gasteiger partial charge is 0.478 e. The minimum absolute atomic E-state index is 0.0117. The highest BCUT2D eigenvalue weighted by atomic mass is 32.2. The first kappa shape index (κ1) is 15.2. The number of rotatable bonds is 5. The van der Waals surface area contributed by atoms with Crippen LogP contribution in [-0.2, 0) is 23.6 Å². The van der Waals surface area contributed by atoms with Gasteiger partial charge in [-0.2, -0.15) is 5.10 Å². The third kappa shape index (κ3) is 3.47. The molecule has 0 spiro atoms. The van der Waals surface area contributed by atoms with Crippen LogP contribution < -0.4 is 4.72 Å².